The molecule has 0 saturated heterocycles. The molecule has 1 aromatic heterocycles. The molecule has 0 saturated carbocycles. The second-order valence-corrected chi connectivity index (χ2v) is 5.88. The van der Waals surface area contributed by atoms with Gasteiger partial charge in [-0.05, 0) is 38.5 Å². The predicted molar refractivity (Wildman–Crippen MR) is 93.9 cm³/mol. The Morgan fingerprint density at radius 2 is 2.08 bits per heavy atom. The summed E-state index contributed by atoms with van der Waals surface area (Å²) in [4.78, 5) is 26.0. The summed E-state index contributed by atoms with van der Waals surface area (Å²) >= 11 is 6.01. The van der Waals surface area contributed by atoms with Crippen LogP contribution in [0, 0.1) is 6.92 Å². The SMILES string of the molecule is CCCN(CC(=O)OCC)C(=O)c1nnn(-c2cccc(Cl)c2)c1C. The molecule has 1 heterocycles. The Morgan fingerprint density at radius 1 is 1.32 bits per heavy atom. The third-order valence-electron chi connectivity index (χ3n) is 3.56. The fraction of sp³-hybridized carbons (Fsp3) is 0.412. The van der Waals surface area contributed by atoms with Crippen molar-refractivity contribution < 1.29 is 14.3 Å². The van der Waals surface area contributed by atoms with E-state index in [0.29, 0.717) is 29.4 Å². The highest BCUT2D eigenvalue weighted by molar-refractivity contribution is 6.30. The predicted octanol–water partition coefficient (Wildman–Crippen LogP) is 2.64. The molecule has 1 amide bonds. The average Bonchev–Trinajstić information content (AvgIpc) is 2.95. The number of halogens is 1. The van der Waals surface area contributed by atoms with E-state index in [1.54, 1.807) is 36.7 Å². The van der Waals surface area contributed by atoms with Crippen LogP contribution in [0.15, 0.2) is 24.3 Å². The molecule has 2 rings (SSSR count). The zero-order valence-corrected chi connectivity index (χ0v) is 15.3. The van der Waals surface area contributed by atoms with Crippen LogP contribution in [0.2, 0.25) is 5.02 Å². The van der Waals surface area contributed by atoms with Gasteiger partial charge in [0, 0.05) is 11.6 Å². The zero-order chi connectivity index (χ0) is 18.4. The fourth-order valence-corrected chi connectivity index (χ4v) is 2.60. The molecule has 0 aliphatic heterocycles. The van der Waals surface area contributed by atoms with Crippen molar-refractivity contribution in [3.63, 3.8) is 0 Å². The maximum absolute atomic E-state index is 12.8. The van der Waals surface area contributed by atoms with E-state index < -0.39 is 5.97 Å². The van der Waals surface area contributed by atoms with Gasteiger partial charge in [-0.2, -0.15) is 0 Å². The highest BCUT2D eigenvalue weighted by Gasteiger charge is 2.24. The van der Waals surface area contributed by atoms with Crippen LogP contribution in [0.3, 0.4) is 0 Å². The summed E-state index contributed by atoms with van der Waals surface area (Å²) in [6, 6.07) is 7.11. The summed E-state index contributed by atoms with van der Waals surface area (Å²) in [5, 5.41) is 8.62. The minimum Gasteiger partial charge on any atom is -0.465 e. The van der Waals surface area contributed by atoms with Gasteiger partial charge >= 0.3 is 5.97 Å². The van der Waals surface area contributed by atoms with Crippen LogP contribution in [0.1, 0.15) is 36.5 Å². The lowest BCUT2D eigenvalue weighted by Crippen LogP contribution is -2.37. The number of amides is 1. The zero-order valence-electron chi connectivity index (χ0n) is 14.5. The molecular weight excluding hydrogens is 344 g/mol. The van der Waals surface area contributed by atoms with Crippen LogP contribution in [-0.2, 0) is 9.53 Å². The first-order valence-electron chi connectivity index (χ1n) is 8.11. The number of carbonyl (C=O) groups excluding carboxylic acids is 2. The Bertz CT molecular complexity index is 760. The number of ether oxygens (including phenoxy) is 1. The molecule has 0 fully saturated rings. The smallest absolute Gasteiger partial charge is 0.325 e. The van der Waals surface area contributed by atoms with E-state index in [2.05, 4.69) is 10.3 Å². The molecule has 8 heteroatoms. The van der Waals surface area contributed by atoms with Gasteiger partial charge in [-0.25, -0.2) is 4.68 Å². The first-order chi connectivity index (χ1) is 12.0. The van der Waals surface area contributed by atoms with Gasteiger partial charge < -0.3 is 9.64 Å². The van der Waals surface area contributed by atoms with Gasteiger partial charge in [-0.3, -0.25) is 9.59 Å². The largest absolute Gasteiger partial charge is 0.465 e. The quantitative estimate of drug-likeness (QED) is 0.706. The Kier molecular flexibility index (Phi) is 6.52. The van der Waals surface area contributed by atoms with Crippen molar-refractivity contribution in [1.29, 1.82) is 0 Å². The number of hydrogen-bond donors (Lipinski definition) is 0. The topological polar surface area (TPSA) is 77.3 Å². The lowest BCUT2D eigenvalue weighted by molar-refractivity contribution is -0.143. The molecule has 7 nitrogen and oxygen atoms in total. The van der Waals surface area contributed by atoms with Gasteiger partial charge in [0.15, 0.2) is 5.69 Å². The summed E-state index contributed by atoms with van der Waals surface area (Å²) in [5.41, 5.74) is 1.50. The molecule has 0 spiro atoms. The monoisotopic (exact) mass is 364 g/mol. The van der Waals surface area contributed by atoms with E-state index in [1.165, 1.54) is 4.90 Å². The minimum absolute atomic E-state index is 0.107. The van der Waals surface area contributed by atoms with E-state index in [4.69, 9.17) is 16.3 Å². The van der Waals surface area contributed by atoms with E-state index >= 15 is 0 Å². The maximum Gasteiger partial charge on any atom is 0.325 e. The van der Waals surface area contributed by atoms with Gasteiger partial charge in [-0.15, -0.1) is 5.10 Å². The van der Waals surface area contributed by atoms with Crippen LogP contribution in [0.5, 0.6) is 0 Å². The highest BCUT2D eigenvalue weighted by atomic mass is 35.5. The summed E-state index contributed by atoms with van der Waals surface area (Å²) in [6.07, 6.45) is 0.715. The number of carbonyl (C=O) groups is 2. The van der Waals surface area contributed by atoms with Crippen molar-refractivity contribution >= 4 is 23.5 Å². The molecular formula is C17H21ClN4O3. The summed E-state index contributed by atoms with van der Waals surface area (Å²) in [6.45, 7) is 6.01. The summed E-state index contributed by atoms with van der Waals surface area (Å²) in [5.74, 6) is -0.787. The second-order valence-electron chi connectivity index (χ2n) is 5.45. The summed E-state index contributed by atoms with van der Waals surface area (Å²) < 4.78 is 6.48. The third kappa shape index (κ3) is 4.57. The lowest BCUT2D eigenvalue weighted by Gasteiger charge is -2.20. The van der Waals surface area contributed by atoms with E-state index in [0.717, 1.165) is 0 Å². The molecule has 0 N–H and O–H groups in total. The molecule has 134 valence electrons. The highest BCUT2D eigenvalue weighted by Crippen LogP contribution is 2.17. The van der Waals surface area contributed by atoms with E-state index in [-0.39, 0.29) is 24.8 Å². The number of nitrogens with zero attached hydrogens (tertiary/aromatic N) is 4. The Labute approximate surface area is 151 Å². The fourth-order valence-electron chi connectivity index (χ4n) is 2.41. The van der Waals surface area contributed by atoms with Crippen molar-refractivity contribution in [3.8, 4) is 5.69 Å². The second kappa shape index (κ2) is 8.62. The number of rotatable bonds is 7. The third-order valence-corrected chi connectivity index (χ3v) is 3.79. The lowest BCUT2D eigenvalue weighted by atomic mass is 10.2. The van der Waals surface area contributed by atoms with Crippen LogP contribution < -0.4 is 0 Å². The van der Waals surface area contributed by atoms with Crippen LogP contribution in [-0.4, -0.2) is 51.5 Å². The van der Waals surface area contributed by atoms with E-state index in [1.807, 2.05) is 13.0 Å². The molecule has 25 heavy (non-hydrogen) atoms. The van der Waals surface area contributed by atoms with Gasteiger partial charge in [0.2, 0.25) is 0 Å². The van der Waals surface area contributed by atoms with Crippen molar-refractivity contribution in [1.82, 2.24) is 19.9 Å². The van der Waals surface area contributed by atoms with Gasteiger partial charge in [0.25, 0.3) is 5.91 Å². The number of aromatic nitrogens is 3. The average molecular weight is 365 g/mol. The normalized spacial score (nSPS) is 10.6. The van der Waals surface area contributed by atoms with Gasteiger partial charge in [0.05, 0.1) is 18.0 Å². The molecule has 0 atom stereocenters. The number of hydrogen-bond acceptors (Lipinski definition) is 5. The van der Waals surface area contributed by atoms with Crippen molar-refractivity contribution in [2.75, 3.05) is 19.7 Å². The van der Waals surface area contributed by atoms with Crippen LogP contribution in [0.4, 0.5) is 0 Å². The number of esters is 1. The van der Waals surface area contributed by atoms with Crippen LogP contribution in [0.25, 0.3) is 5.69 Å². The van der Waals surface area contributed by atoms with Gasteiger partial charge in [0.1, 0.15) is 6.54 Å². The molecule has 0 aliphatic rings. The molecule has 0 bridgehead atoms. The Hall–Kier alpha value is -2.41. The molecule has 1 aromatic carbocycles. The first-order valence-corrected chi connectivity index (χ1v) is 8.48. The maximum atomic E-state index is 12.8. The van der Waals surface area contributed by atoms with Crippen LogP contribution >= 0.6 is 11.6 Å². The first kappa shape index (κ1) is 18.9. The van der Waals surface area contributed by atoms with Gasteiger partial charge in [-0.1, -0.05) is 29.8 Å². The summed E-state index contributed by atoms with van der Waals surface area (Å²) in [7, 11) is 0. The van der Waals surface area contributed by atoms with Crippen molar-refractivity contribution in [2.24, 2.45) is 0 Å². The van der Waals surface area contributed by atoms with Crippen molar-refractivity contribution in [2.45, 2.75) is 27.2 Å². The Morgan fingerprint density at radius 3 is 2.72 bits per heavy atom. The standard InChI is InChI=1S/C17H21ClN4O3/c1-4-9-21(11-15(23)25-5-2)17(24)16-12(3)22(20-19-16)14-8-6-7-13(18)10-14/h6-8,10H,4-5,9,11H2,1-3H3. The molecule has 0 radical (unpaired) electrons. The Balaban J connectivity index is 2.27. The minimum atomic E-state index is -0.441. The van der Waals surface area contributed by atoms with E-state index in [9.17, 15) is 9.59 Å². The molecule has 0 unspecified atom stereocenters. The molecule has 2 aromatic rings. The molecule has 0 aliphatic carbocycles. The van der Waals surface area contributed by atoms with Crippen molar-refractivity contribution in [3.05, 3.63) is 40.7 Å². The number of benzene rings is 1.